The second-order valence-corrected chi connectivity index (χ2v) is 5.22. The van der Waals surface area contributed by atoms with E-state index in [9.17, 15) is 8.78 Å². The molecule has 0 fully saturated rings. The highest BCUT2D eigenvalue weighted by atomic mass is 19.1. The number of nitrogens with zero attached hydrogens (tertiary/aromatic N) is 2. The van der Waals surface area contributed by atoms with Crippen molar-refractivity contribution in [1.82, 2.24) is 9.78 Å². The summed E-state index contributed by atoms with van der Waals surface area (Å²) in [5, 5.41) is 4.42. The third-order valence-electron chi connectivity index (χ3n) is 3.39. The van der Waals surface area contributed by atoms with E-state index in [0.717, 1.165) is 29.4 Å². The van der Waals surface area contributed by atoms with Crippen LogP contribution in [0.25, 0.3) is 0 Å². The number of halogens is 2. The van der Waals surface area contributed by atoms with Crippen molar-refractivity contribution in [1.29, 1.82) is 0 Å². The number of hydrogen-bond donors (Lipinski definition) is 1. The van der Waals surface area contributed by atoms with Crippen LogP contribution in [0.15, 0.2) is 18.2 Å². The zero-order chi connectivity index (χ0) is 14.9. The van der Waals surface area contributed by atoms with E-state index in [1.165, 1.54) is 12.1 Å². The Morgan fingerprint density at radius 2 is 2.00 bits per heavy atom. The first-order chi connectivity index (χ1) is 9.38. The van der Waals surface area contributed by atoms with Gasteiger partial charge in [-0.05, 0) is 38.8 Å². The molecule has 0 radical (unpaired) electrons. The van der Waals surface area contributed by atoms with Gasteiger partial charge >= 0.3 is 0 Å². The normalized spacial score (nSPS) is 12.7. The van der Waals surface area contributed by atoms with Crippen LogP contribution in [-0.4, -0.2) is 15.8 Å². The molecule has 1 atom stereocenters. The first-order valence-electron chi connectivity index (χ1n) is 6.61. The lowest BCUT2D eigenvalue weighted by Crippen LogP contribution is -2.18. The van der Waals surface area contributed by atoms with Crippen molar-refractivity contribution in [2.75, 3.05) is 0 Å². The summed E-state index contributed by atoms with van der Waals surface area (Å²) < 4.78 is 28.3. The molecular formula is C15H19F2N3. The lowest BCUT2D eigenvalue weighted by molar-refractivity contribution is 0.554. The summed E-state index contributed by atoms with van der Waals surface area (Å²) >= 11 is 0. The Hall–Kier alpha value is -1.75. The predicted octanol–water partition coefficient (Wildman–Crippen LogP) is 2.72. The maximum absolute atomic E-state index is 13.7. The Kier molecular flexibility index (Phi) is 4.18. The molecule has 0 aliphatic heterocycles. The summed E-state index contributed by atoms with van der Waals surface area (Å²) in [5.74, 6) is -1.12. The standard InChI is InChI=1S/C15H19F2N3/c1-9(18)6-14-10(2)19-20(11(14)3)8-12-4-5-13(16)7-15(12)17/h4-5,7,9H,6,8,18H2,1-3H3. The van der Waals surface area contributed by atoms with Crippen molar-refractivity contribution in [2.45, 2.75) is 39.8 Å². The first-order valence-corrected chi connectivity index (χ1v) is 6.61. The third kappa shape index (κ3) is 3.04. The van der Waals surface area contributed by atoms with Crippen molar-refractivity contribution < 1.29 is 8.78 Å². The lowest BCUT2D eigenvalue weighted by Gasteiger charge is -2.08. The van der Waals surface area contributed by atoms with Gasteiger partial charge in [-0.3, -0.25) is 4.68 Å². The molecule has 1 aromatic heterocycles. The van der Waals surface area contributed by atoms with Crippen LogP contribution in [0.3, 0.4) is 0 Å². The molecule has 2 rings (SSSR count). The minimum atomic E-state index is -0.572. The van der Waals surface area contributed by atoms with Gasteiger partial charge in [-0.2, -0.15) is 5.10 Å². The zero-order valence-corrected chi connectivity index (χ0v) is 12.0. The molecule has 1 aromatic carbocycles. The zero-order valence-electron chi connectivity index (χ0n) is 12.0. The fraction of sp³-hybridized carbons (Fsp3) is 0.400. The SMILES string of the molecule is Cc1nn(Cc2ccc(F)cc2F)c(C)c1CC(C)N. The average Bonchev–Trinajstić information content (AvgIpc) is 2.60. The molecule has 2 aromatic rings. The molecule has 2 N–H and O–H groups in total. The first kappa shape index (κ1) is 14.7. The Morgan fingerprint density at radius 1 is 1.30 bits per heavy atom. The number of benzene rings is 1. The predicted molar refractivity (Wildman–Crippen MR) is 74.5 cm³/mol. The van der Waals surface area contributed by atoms with E-state index in [1.807, 2.05) is 20.8 Å². The van der Waals surface area contributed by atoms with E-state index in [1.54, 1.807) is 4.68 Å². The molecule has 1 unspecified atom stereocenters. The van der Waals surface area contributed by atoms with Gasteiger partial charge in [-0.15, -0.1) is 0 Å². The molecule has 0 aliphatic rings. The summed E-state index contributed by atoms with van der Waals surface area (Å²) in [6, 6.07) is 3.65. The number of rotatable bonds is 4. The van der Waals surface area contributed by atoms with Gasteiger partial charge in [0.2, 0.25) is 0 Å². The largest absolute Gasteiger partial charge is 0.328 e. The van der Waals surface area contributed by atoms with E-state index >= 15 is 0 Å². The van der Waals surface area contributed by atoms with Gasteiger partial charge in [0.15, 0.2) is 0 Å². The van der Waals surface area contributed by atoms with Crippen molar-refractivity contribution in [3.63, 3.8) is 0 Å². The van der Waals surface area contributed by atoms with Gasteiger partial charge in [0.05, 0.1) is 12.2 Å². The van der Waals surface area contributed by atoms with Crippen LogP contribution in [0.1, 0.15) is 29.4 Å². The van der Waals surface area contributed by atoms with E-state index in [-0.39, 0.29) is 12.6 Å². The number of hydrogen-bond acceptors (Lipinski definition) is 2. The van der Waals surface area contributed by atoms with Crippen LogP contribution in [0.5, 0.6) is 0 Å². The molecule has 0 bridgehead atoms. The van der Waals surface area contributed by atoms with Crippen LogP contribution >= 0.6 is 0 Å². The molecule has 5 heteroatoms. The van der Waals surface area contributed by atoms with Crippen molar-refractivity contribution in [3.8, 4) is 0 Å². The Labute approximate surface area is 117 Å². The molecule has 1 heterocycles. The maximum Gasteiger partial charge on any atom is 0.131 e. The Bertz CT molecular complexity index is 618. The summed E-state index contributed by atoms with van der Waals surface area (Å²) in [6.45, 7) is 6.09. The monoisotopic (exact) mass is 279 g/mol. The minimum Gasteiger partial charge on any atom is -0.328 e. The fourth-order valence-electron chi connectivity index (χ4n) is 2.32. The lowest BCUT2D eigenvalue weighted by atomic mass is 10.1. The Morgan fingerprint density at radius 3 is 2.60 bits per heavy atom. The molecular weight excluding hydrogens is 260 g/mol. The highest BCUT2D eigenvalue weighted by Crippen LogP contribution is 2.18. The summed E-state index contributed by atoms with van der Waals surface area (Å²) in [5.41, 5.74) is 9.23. The van der Waals surface area contributed by atoms with Crippen LogP contribution in [0.2, 0.25) is 0 Å². The second kappa shape index (κ2) is 5.71. The summed E-state index contributed by atoms with van der Waals surface area (Å²) in [4.78, 5) is 0. The van der Waals surface area contributed by atoms with Crippen LogP contribution < -0.4 is 5.73 Å². The van der Waals surface area contributed by atoms with Crippen LogP contribution in [0.4, 0.5) is 8.78 Å². The van der Waals surface area contributed by atoms with Crippen molar-refractivity contribution in [3.05, 3.63) is 52.3 Å². The van der Waals surface area contributed by atoms with E-state index in [2.05, 4.69) is 5.10 Å². The molecule has 0 amide bonds. The van der Waals surface area contributed by atoms with Crippen LogP contribution in [-0.2, 0) is 13.0 Å². The molecule has 20 heavy (non-hydrogen) atoms. The molecule has 0 saturated heterocycles. The molecule has 0 saturated carbocycles. The van der Waals surface area contributed by atoms with Gasteiger partial charge in [-0.25, -0.2) is 8.78 Å². The van der Waals surface area contributed by atoms with Gasteiger partial charge in [-0.1, -0.05) is 6.07 Å². The molecule has 3 nitrogen and oxygen atoms in total. The topological polar surface area (TPSA) is 43.8 Å². The third-order valence-corrected chi connectivity index (χ3v) is 3.39. The van der Waals surface area contributed by atoms with Gasteiger partial charge < -0.3 is 5.73 Å². The molecule has 0 spiro atoms. The number of aromatic nitrogens is 2. The maximum atomic E-state index is 13.7. The summed E-state index contributed by atoms with van der Waals surface area (Å²) in [7, 11) is 0. The minimum absolute atomic E-state index is 0.0487. The number of aryl methyl sites for hydroxylation is 1. The van der Waals surface area contributed by atoms with Gasteiger partial charge in [0.25, 0.3) is 0 Å². The van der Waals surface area contributed by atoms with E-state index < -0.39 is 11.6 Å². The summed E-state index contributed by atoms with van der Waals surface area (Å²) in [6.07, 6.45) is 0.740. The smallest absolute Gasteiger partial charge is 0.131 e. The highest BCUT2D eigenvalue weighted by Gasteiger charge is 2.14. The van der Waals surface area contributed by atoms with Crippen LogP contribution in [0, 0.1) is 25.5 Å². The fourth-order valence-corrected chi connectivity index (χ4v) is 2.32. The molecule has 108 valence electrons. The van der Waals surface area contributed by atoms with Crippen molar-refractivity contribution >= 4 is 0 Å². The van der Waals surface area contributed by atoms with E-state index in [0.29, 0.717) is 5.56 Å². The quantitative estimate of drug-likeness (QED) is 0.935. The van der Waals surface area contributed by atoms with Gasteiger partial charge in [0.1, 0.15) is 11.6 Å². The van der Waals surface area contributed by atoms with Gasteiger partial charge in [0, 0.05) is 23.4 Å². The Balaban J connectivity index is 2.30. The van der Waals surface area contributed by atoms with E-state index in [4.69, 9.17) is 5.73 Å². The number of nitrogens with two attached hydrogens (primary N) is 1. The second-order valence-electron chi connectivity index (χ2n) is 5.22. The average molecular weight is 279 g/mol. The molecule has 0 aliphatic carbocycles. The van der Waals surface area contributed by atoms with Crippen molar-refractivity contribution in [2.24, 2.45) is 5.73 Å². The highest BCUT2D eigenvalue weighted by molar-refractivity contribution is 5.27.